The van der Waals surface area contributed by atoms with Gasteiger partial charge in [-0.25, -0.2) is 9.69 Å². The van der Waals surface area contributed by atoms with E-state index in [0.29, 0.717) is 5.69 Å². The summed E-state index contributed by atoms with van der Waals surface area (Å²) in [6, 6.07) is 21.6. The molecule has 2 atom stereocenters. The Balaban J connectivity index is 1.61. The third-order valence-corrected chi connectivity index (χ3v) is 7.70. The van der Waals surface area contributed by atoms with Gasteiger partial charge in [-0.3, -0.25) is 14.4 Å². The lowest BCUT2D eigenvalue weighted by Gasteiger charge is -2.52. The van der Waals surface area contributed by atoms with Crippen LogP contribution in [0.5, 0.6) is 0 Å². The molecule has 0 radical (unpaired) electrons. The zero-order valence-electron chi connectivity index (χ0n) is 18.6. The van der Waals surface area contributed by atoms with E-state index in [2.05, 4.69) is 0 Å². The van der Waals surface area contributed by atoms with Crippen molar-refractivity contribution in [2.24, 2.45) is 11.8 Å². The van der Waals surface area contributed by atoms with Gasteiger partial charge in [-0.1, -0.05) is 54.6 Å². The SMILES string of the molecule is COC(=O)c1cccc(N2C(=O)C3C4c5ccccc5C(C(C)=O)(c5ccccc54)C3C2=O)c1. The highest BCUT2D eigenvalue weighted by atomic mass is 16.5. The number of rotatable bonds is 3. The van der Waals surface area contributed by atoms with Crippen LogP contribution >= 0.6 is 0 Å². The number of methoxy groups -OCH3 is 1. The maximum absolute atomic E-state index is 14.1. The molecule has 2 amide bonds. The summed E-state index contributed by atoms with van der Waals surface area (Å²) in [7, 11) is 1.28. The number of esters is 1. The Morgan fingerprint density at radius 2 is 1.47 bits per heavy atom. The lowest BCUT2D eigenvalue weighted by molar-refractivity contribution is -0.132. The molecule has 1 fully saturated rings. The van der Waals surface area contributed by atoms with E-state index in [4.69, 9.17) is 4.74 Å². The number of hydrogen-bond acceptors (Lipinski definition) is 5. The van der Waals surface area contributed by atoms with E-state index in [1.54, 1.807) is 18.2 Å². The second-order valence-electron chi connectivity index (χ2n) is 9.07. The number of amides is 2. The standard InChI is InChI=1S/C28H21NO5/c1-15(30)28-20-12-5-3-10-18(20)22(19-11-4-6-13-21(19)28)23-24(28)26(32)29(25(23)31)17-9-7-8-16(14-17)27(33)34-2/h3-14,22-24H,1-2H3. The summed E-state index contributed by atoms with van der Waals surface area (Å²) >= 11 is 0. The summed E-state index contributed by atoms with van der Waals surface area (Å²) in [5.41, 5.74) is 2.75. The fraction of sp³-hybridized carbons (Fsp3) is 0.214. The van der Waals surface area contributed by atoms with Gasteiger partial charge in [0.05, 0.1) is 35.6 Å². The normalized spacial score (nSPS) is 26.1. The molecule has 1 aliphatic heterocycles. The number of ketones is 1. The summed E-state index contributed by atoms with van der Waals surface area (Å²) in [6.07, 6.45) is 0. The first kappa shape index (κ1) is 20.5. The van der Waals surface area contributed by atoms with Gasteiger partial charge in [-0.05, 0) is 47.4 Å². The number of hydrogen-bond donors (Lipinski definition) is 0. The number of carbonyl (C=O) groups excluding carboxylic acids is 4. The monoisotopic (exact) mass is 451 g/mol. The highest BCUT2D eigenvalue weighted by Gasteiger charge is 2.70. The summed E-state index contributed by atoms with van der Waals surface area (Å²) < 4.78 is 4.81. The molecule has 1 saturated heterocycles. The van der Waals surface area contributed by atoms with Crippen LogP contribution in [0.15, 0.2) is 72.8 Å². The molecule has 0 aromatic heterocycles. The molecule has 0 spiro atoms. The molecule has 3 aliphatic carbocycles. The number of carbonyl (C=O) groups is 4. The van der Waals surface area contributed by atoms with E-state index in [0.717, 1.165) is 27.2 Å². The summed E-state index contributed by atoms with van der Waals surface area (Å²) in [5.74, 6) is -3.37. The highest BCUT2D eigenvalue weighted by molar-refractivity contribution is 6.25. The van der Waals surface area contributed by atoms with E-state index in [1.807, 2.05) is 48.5 Å². The fourth-order valence-corrected chi connectivity index (χ4v) is 6.51. The third-order valence-electron chi connectivity index (χ3n) is 7.70. The van der Waals surface area contributed by atoms with Crippen molar-refractivity contribution in [1.29, 1.82) is 0 Å². The van der Waals surface area contributed by atoms with Gasteiger partial charge in [0, 0.05) is 5.92 Å². The second kappa shape index (κ2) is 6.97. The van der Waals surface area contributed by atoms with Crippen LogP contribution in [0.3, 0.4) is 0 Å². The maximum Gasteiger partial charge on any atom is 0.337 e. The third kappa shape index (κ3) is 2.30. The minimum absolute atomic E-state index is 0.160. The molecule has 34 heavy (non-hydrogen) atoms. The van der Waals surface area contributed by atoms with Crippen molar-refractivity contribution in [3.63, 3.8) is 0 Å². The topological polar surface area (TPSA) is 80.8 Å². The molecule has 0 saturated carbocycles. The first-order valence-electron chi connectivity index (χ1n) is 11.2. The van der Waals surface area contributed by atoms with Crippen molar-refractivity contribution in [2.45, 2.75) is 18.3 Å². The molecule has 2 bridgehead atoms. The van der Waals surface area contributed by atoms with Crippen LogP contribution in [0.2, 0.25) is 0 Å². The number of ether oxygens (including phenoxy) is 1. The Hall–Kier alpha value is -4.06. The molecule has 3 aromatic carbocycles. The molecule has 3 aromatic rings. The minimum Gasteiger partial charge on any atom is -0.465 e. The molecular formula is C28H21NO5. The van der Waals surface area contributed by atoms with Crippen LogP contribution < -0.4 is 4.90 Å². The van der Waals surface area contributed by atoms with E-state index in [9.17, 15) is 19.2 Å². The van der Waals surface area contributed by atoms with Crippen molar-refractivity contribution < 1.29 is 23.9 Å². The van der Waals surface area contributed by atoms with Gasteiger partial charge in [-0.2, -0.15) is 0 Å². The zero-order chi connectivity index (χ0) is 23.8. The molecule has 2 unspecified atom stereocenters. The Labute approximate surface area is 196 Å². The molecule has 6 heteroatoms. The van der Waals surface area contributed by atoms with Crippen LogP contribution in [-0.2, 0) is 24.5 Å². The second-order valence-corrected chi connectivity index (χ2v) is 9.07. The van der Waals surface area contributed by atoms with E-state index >= 15 is 0 Å². The number of nitrogens with zero attached hydrogens (tertiary/aromatic N) is 1. The van der Waals surface area contributed by atoms with Crippen LogP contribution in [0.4, 0.5) is 5.69 Å². The van der Waals surface area contributed by atoms with Gasteiger partial charge in [0.2, 0.25) is 11.8 Å². The van der Waals surface area contributed by atoms with E-state index in [1.165, 1.54) is 20.1 Å². The van der Waals surface area contributed by atoms with Crippen LogP contribution in [0.25, 0.3) is 0 Å². The predicted molar refractivity (Wildman–Crippen MR) is 123 cm³/mol. The average Bonchev–Trinajstić information content (AvgIpc) is 3.14. The number of imide groups is 1. The first-order chi connectivity index (χ1) is 16.4. The van der Waals surface area contributed by atoms with Crippen molar-refractivity contribution >= 4 is 29.3 Å². The summed E-state index contributed by atoms with van der Waals surface area (Å²) in [5, 5.41) is 0. The lowest BCUT2D eigenvalue weighted by atomic mass is 9.46. The largest absolute Gasteiger partial charge is 0.465 e. The number of benzene rings is 3. The van der Waals surface area contributed by atoms with Crippen molar-refractivity contribution in [2.75, 3.05) is 12.0 Å². The van der Waals surface area contributed by atoms with Crippen molar-refractivity contribution in [3.05, 3.63) is 101 Å². The zero-order valence-corrected chi connectivity index (χ0v) is 18.6. The van der Waals surface area contributed by atoms with E-state index < -0.39 is 29.1 Å². The van der Waals surface area contributed by atoms with Crippen LogP contribution in [0, 0.1) is 11.8 Å². The summed E-state index contributed by atoms with van der Waals surface area (Å²) in [4.78, 5) is 54.8. The predicted octanol–water partition coefficient (Wildman–Crippen LogP) is 3.61. The number of Topliss-reactive ketones (excluding diaryl/α,β-unsaturated/α-hetero) is 1. The first-order valence-corrected chi connectivity index (χ1v) is 11.2. The summed E-state index contributed by atoms with van der Waals surface area (Å²) in [6.45, 7) is 1.51. The quantitative estimate of drug-likeness (QED) is 0.449. The maximum atomic E-state index is 14.1. The minimum atomic E-state index is -1.24. The molecule has 168 valence electrons. The molecular weight excluding hydrogens is 430 g/mol. The fourth-order valence-electron chi connectivity index (χ4n) is 6.51. The Morgan fingerprint density at radius 3 is 2.06 bits per heavy atom. The van der Waals surface area contributed by atoms with Gasteiger partial charge in [0.15, 0.2) is 0 Å². The van der Waals surface area contributed by atoms with Gasteiger partial charge >= 0.3 is 5.97 Å². The van der Waals surface area contributed by atoms with Gasteiger partial charge in [-0.15, -0.1) is 0 Å². The van der Waals surface area contributed by atoms with Crippen LogP contribution in [0.1, 0.15) is 45.5 Å². The van der Waals surface area contributed by atoms with Gasteiger partial charge in [0.25, 0.3) is 0 Å². The van der Waals surface area contributed by atoms with Gasteiger partial charge in [0.1, 0.15) is 5.78 Å². The van der Waals surface area contributed by atoms with Crippen molar-refractivity contribution in [1.82, 2.24) is 0 Å². The van der Waals surface area contributed by atoms with Gasteiger partial charge < -0.3 is 4.74 Å². The Kier molecular flexibility index (Phi) is 4.21. The van der Waals surface area contributed by atoms with Crippen LogP contribution in [-0.4, -0.2) is 30.7 Å². The molecule has 7 rings (SSSR count). The smallest absolute Gasteiger partial charge is 0.337 e. The lowest BCUT2D eigenvalue weighted by Crippen LogP contribution is -2.57. The highest BCUT2D eigenvalue weighted by Crippen LogP contribution is 2.64. The molecule has 0 N–H and O–H groups in total. The number of anilines is 1. The van der Waals surface area contributed by atoms with E-state index in [-0.39, 0.29) is 23.2 Å². The molecule has 6 nitrogen and oxygen atoms in total. The molecule has 4 aliphatic rings. The molecule has 1 heterocycles. The Morgan fingerprint density at radius 1 is 0.853 bits per heavy atom. The Bertz CT molecular complexity index is 1380. The van der Waals surface area contributed by atoms with Crippen molar-refractivity contribution in [3.8, 4) is 0 Å². The average molecular weight is 451 g/mol.